The number of hydrogen-bond donors (Lipinski definition) is 1. The lowest BCUT2D eigenvalue weighted by atomic mass is 9.94. The zero-order valence-electron chi connectivity index (χ0n) is 12.8. The van der Waals surface area contributed by atoms with E-state index >= 15 is 0 Å². The third-order valence-corrected chi connectivity index (χ3v) is 3.47. The van der Waals surface area contributed by atoms with Crippen molar-refractivity contribution in [2.45, 2.75) is 33.3 Å². The van der Waals surface area contributed by atoms with Crippen molar-refractivity contribution in [2.24, 2.45) is 0 Å². The molecule has 1 aliphatic heterocycles. The Bertz CT molecular complexity index is 590. The number of nitrogens with zero attached hydrogens (tertiary/aromatic N) is 2. The van der Waals surface area contributed by atoms with Crippen LogP contribution in [0.1, 0.15) is 31.4 Å². The van der Waals surface area contributed by atoms with Crippen LogP contribution in [-0.4, -0.2) is 32.0 Å². The number of ether oxygens (including phenoxy) is 1. The predicted molar refractivity (Wildman–Crippen MR) is 86.1 cm³/mol. The lowest BCUT2D eigenvalue weighted by molar-refractivity contribution is 0.243. The van der Waals surface area contributed by atoms with Crippen molar-refractivity contribution in [2.75, 3.05) is 18.4 Å². The number of rotatable bonds is 4. The van der Waals surface area contributed by atoms with Gasteiger partial charge in [-0.15, -0.1) is 0 Å². The first-order valence-electron chi connectivity index (χ1n) is 7.16. The van der Waals surface area contributed by atoms with Gasteiger partial charge in [0.1, 0.15) is 5.75 Å². The zero-order valence-corrected chi connectivity index (χ0v) is 12.8. The number of benzene rings is 1. The smallest absolute Gasteiger partial charge is 0.182 e. The normalized spacial score (nSPS) is 15.5. The van der Waals surface area contributed by atoms with Crippen LogP contribution in [0.4, 0.5) is 5.69 Å². The molecule has 108 valence electrons. The molecule has 2 radical (unpaired) electrons. The second-order valence-electron chi connectivity index (χ2n) is 5.54. The SMILES string of the molecule is [B]N1CC=C(c2cc(OC(C)C)c(NC#N)cc2C)CC1. The molecule has 2 rings (SSSR count). The molecule has 0 aliphatic carbocycles. The minimum atomic E-state index is 0.0552. The molecule has 5 heteroatoms. The monoisotopic (exact) mass is 281 g/mol. The van der Waals surface area contributed by atoms with Gasteiger partial charge < -0.3 is 9.55 Å². The first-order valence-corrected chi connectivity index (χ1v) is 7.16. The highest BCUT2D eigenvalue weighted by atomic mass is 16.5. The first kappa shape index (κ1) is 15.5. The predicted octanol–water partition coefficient (Wildman–Crippen LogP) is 2.85. The molecule has 1 aromatic rings. The van der Waals surface area contributed by atoms with E-state index in [1.807, 2.05) is 39.1 Å². The Morgan fingerprint density at radius 3 is 2.76 bits per heavy atom. The van der Waals surface area contributed by atoms with E-state index in [4.69, 9.17) is 18.0 Å². The van der Waals surface area contributed by atoms with Crippen LogP contribution in [0.5, 0.6) is 5.75 Å². The molecule has 0 saturated heterocycles. The molecule has 0 spiro atoms. The Balaban J connectivity index is 2.40. The second-order valence-corrected chi connectivity index (χ2v) is 5.54. The molecule has 0 atom stereocenters. The summed E-state index contributed by atoms with van der Waals surface area (Å²) in [7, 11) is 5.79. The minimum absolute atomic E-state index is 0.0552. The van der Waals surface area contributed by atoms with E-state index in [9.17, 15) is 0 Å². The summed E-state index contributed by atoms with van der Waals surface area (Å²) in [5.74, 6) is 0.711. The fourth-order valence-corrected chi connectivity index (χ4v) is 2.47. The van der Waals surface area contributed by atoms with E-state index in [-0.39, 0.29) is 6.10 Å². The van der Waals surface area contributed by atoms with Crippen molar-refractivity contribution in [3.63, 3.8) is 0 Å². The van der Waals surface area contributed by atoms with Gasteiger partial charge in [-0.2, -0.15) is 5.26 Å². The van der Waals surface area contributed by atoms with Crippen molar-refractivity contribution in [3.05, 3.63) is 29.3 Å². The van der Waals surface area contributed by atoms with Gasteiger partial charge in [0.2, 0.25) is 0 Å². The average Bonchev–Trinajstić information content (AvgIpc) is 2.42. The van der Waals surface area contributed by atoms with Crippen molar-refractivity contribution in [1.29, 1.82) is 5.26 Å². The van der Waals surface area contributed by atoms with Crippen LogP contribution in [0, 0.1) is 18.4 Å². The largest absolute Gasteiger partial charge is 0.489 e. The molecule has 4 nitrogen and oxygen atoms in total. The van der Waals surface area contributed by atoms with E-state index in [1.54, 1.807) is 4.81 Å². The van der Waals surface area contributed by atoms with Crippen LogP contribution in [0.3, 0.4) is 0 Å². The molecule has 0 unspecified atom stereocenters. The number of nitriles is 1. The van der Waals surface area contributed by atoms with E-state index in [1.165, 1.54) is 11.1 Å². The fraction of sp³-hybridized carbons (Fsp3) is 0.438. The van der Waals surface area contributed by atoms with Gasteiger partial charge in [-0.3, -0.25) is 5.32 Å². The van der Waals surface area contributed by atoms with E-state index < -0.39 is 0 Å². The lowest BCUT2D eigenvalue weighted by Gasteiger charge is -2.24. The maximum absolute atomic E-state index is 8.87. The Hall–Kier alpha value is -1.93. The lowest BCUT2D eigenvalue weighted by Crippen LogP contribution is -2.25. The van der Waals surface area contributed by atoms with Crippen LogP contribution in [0.15, 0.2) is 18.2 Å². The highest BCUT2D eigenvalue weighted by Gasteiger charge is 2.15. The van der Waals surface area contributed by atoms with Crippen LogP contribution in [0.2, 0.25) is 0 Å². The summed E-state index contributed by atoms with van der Waals surface area (Å²) in [6, 6.07) is 3.99. The van der Waals surface area contributed by atoms with Gasteiger partial charge in [0.25, 0.3) is 0 Å². The van der Waals surface area contributed by atoms with Crippen LogP contribution >= 0.6 is 0 Å². The summed E-state index contributed by atoms with van der Waals surface area (Å²) in [6.45, 7) is 7.60. The third-order valence-electron chi connectivity index (χ3n) is 3.47. The molecule has 0 amide bonds. The van der Waals surface area contributed by atoms with Gasteiger partial charge in [0, 0.05) is 6.54 Å². The van der Waals surface area contributed by atoms with Crippen molar-refractivity contribution >= 4 is 19.2 Å². The van der Waals surface area contributed by atoms with Gasteiger partial charge in [-0.05, 0) is 62.6 Å². The molecule has 0 aromatic heterocycles. The maximum atomic E-state index is 8.87. The minimum Gasteiger partial charge on any atom is -0.489 e. The fourth-order valence-electron chi connectivity index (χ4n) is 2.47. The molecule has 21 heavy (non-hydrogen) atoms. The number of nitrogens with one attached hydrogen (secondary N) is 1. The summed E-state index contributed by atoms with van der Waals surface area (Å²) in [6.07, 6.45) is 5.09. The van der Waals surface area contributed by atoms with Gasteiger partial charge in [-0.1, -0.05) is 6.08 Å². The van der Waals surface area contributed by atoms with Crippen LogP contribution in [-0.2, 0) is 0 Å². The second kappa shape index (κ2) is 6.69. The molecule has 1 aromatic carbocycles. The topological polar surface area (TPSA) is 48.3 Å². The summed E-state index contributed by atoms with van der Waals surface area (Å²) < 4.78 is 5.83. The van der Waals surface area contributed by atoms with Crippen molar-refractivity contribution in [1.82, 2.24) is 4.81 Å². The molecule has 0 saturated carbocycles. The Morgan fingerprint density at radius 1 is 1.43 bits per heavy atom. The van der Waals surface area contributed by atoms with E-state index in [0.717, 1.165) is 25.1 Å². The first-order chi connectivity index (χ1) is 10.0. The summed E-state index contributed by atoms with van der Waals surface area (Å²) in [5.41, 5.74) is 4.29. The molecular weight excluding hydrogens is 261 g/mol. The zero-order chi connectivity index (χ0) is 15.4. The van der Waals surface area contributed by atoms with Gasteiger partial charge in [0.05, 0.1) is 11.8 Å². The summed E-state index contributed by atoms with van der Waals surface area (Å²) in [5, 5.41) is 11.6. The molecule has 1 N–H and O–H groups in total. The standard InChI is InChI=1S/C16H20BN3O/c1-11(2)21-16-9-14(12(3)8-15(16)19-10-18)13-4-6-20(17)7-5-13/h4,8-9,11,19H,5-7H2,1-3H3. The Labute approximate surface area is 127 Å². The van der Waals surface area contributed by atoms with E-state index in [2.05, 4.69) is 11.4 Å². The number of hydrogen-bond acceptors (Lipinski definition) is 4. The quantitative estimate of drug-likeness (QED) is 0.524. The van der Waals surface area contributed by atoms with Crippen LogP contribution < -0.4 is 10.1 Å². The molecule has 0 bridgehead atoms. The molecular formula is C16H20BN3O. The highest BCUT2D eigenvalue weighted by molar-refractivity contribution is 6.04. The van der Waals surface area contributed by atoms with Crippen LogP contribution in [0.25, 0.3) is 5.57 Å². The number of anilines is 1. The molecule has 1 aliphatic rings. The highest BCUT2D eigenvalue weighted by Crippen LogP contribution is 2.34. The summed E-state index contributed by atoms with van der Waals surface area (Å²) in [4.78, 5) is 1.80. The molecule has 0 fully saturated rings. The Morgan fingerprint density at radius 2 is 2.19 bits per heavy atom. The maximum Gasteiger partial charge on any atom is 0.182 e. The molecule has 1 heterocycles. The van der Waals surface area contributed by atoms with E-state index in [0.29, 0.717) is 11.4 Å². The number of aryl methyl sites for hydroxylation is 1. The van der Waals surface area contributed by atoms with Crippen molar-refractivity contribution in [3.8, 4) is 11.9 Å². The van der Waals surface area contributed by atoms with Gasteiger partial charge in [0.15, 0.2) is 14.2 Å². The third kappa shape index (κ3) is 3.80. The van der Waals surface area contributed by atoms with Gasteiger partial charge in [-0.25, -0.2) is 0 Å². The average molecular weight is 281 g/mol. The Kier molecular flexibility index (Phi) is 4.92. The van der Waals surface area contributed by atoms with Crippen molar-refractivity contribution < 1.29 is 4.74 Å². The summed E-state index contributed by atoms with van der Waals surface area (Å²) >= 11 is 0. The van der Waals surface area contributed by atoms with Gasteiger partial charge >= 0.3 is 0 Å².